The van der Waals surface area contributed by atoms with Gasteiger partial charge in [-0.25, -0.2) is 9.97 Å². The van der Waals surface area contributed by atoms with Gasteiger partial charge in [0.25, 0.3) is 11.8 Å². The smallest absolute Gasteiger partial charge is 0.305 e. The number of amides is 2. The molecule has 0 aliphatic rings. The zero-order valence-corrected chi connectivity index (χ0v) is 26.7. The molecule has 11 nitrogen and oxygen atoms in total. The molecule has 240 valence electrons. The van der Waals surface area contributed by atoms with Gasteiger partial charge < -0.3 is 20.3 Å². The second kappa shape index (κ2) is 14.2. The maximum absolute atomic E-state index is 13.1. The van der Waals surface area contributed by atoms with Crippen LogP contribution in [0.25, 0.3) is 34.2 Å². The quantitative estimate of drug-likeness (QED) is 0.173. The Bertz CT molecular complexity index is 1840. The van der Waals surface area contributed by atoms with Crippen LogP contribution in [0.1, 0.15) is 54.2 Å². The van der Waals surface area contributed by atoms with E-state index in [1.165, 1.54) is 0 Å². The normalized spacial score (nSPS) is 11.9. The van der Waals surface area contributed by atoms with Crippen molar-refractivity contribution in [2.75, 3.05) is 6.54 Å². The minimum absolute atomic E-state index is 0.0516. The molecule has 5 rings (SSSR count). The van der Waals surface area contributed by atoms with Crippen LogP contribution in [0.2, 0.25) is 0 Å². The molecule has 0 radical (unpaired) electrons. The molecule has 0 unspecified atom stereocenters. The fourth-order valence-corrected chi connectivity index (χ4v) is 4.76. The van der Waals surface area contributed by atoms with Crippen molar-refractivity contribution in [1.82, 2.24) is 30.7 Å². The van der Waals surface area contributed by atoms with Gasteiger partial charge >= 0.3 is 5.97 Å². The molecule has 47 heavy (non-hydrogen) atoms. The number of rotatable bonds is 11. The lowest BCUT2D eigenvalue weighted by Crippen LogP contribution is -2.48. The summed E-state index contributed by atoms with van der Waals surface area (Å²) in [6, 6.07) is 21.5. The van der Waals surface area contributed by atoms with E-state index in [4.69, 9.17) is 9.63 Å². The van der Waals surface area contributed by atoms with E-state index in [1.807, 2.05) is 67.6 Å². The minimum atomic E-state index is -1.03. The molecule has 0 aliphatic carbocycles. The second-order valence-electron chi connectivity index (χ2n) is 12.3. The summed E-state index contributed by atoms with van der Waals surface area (Å²) < 4.78 is 5.43. The number of aliphatic carboxylic acids is 1. The molecule has 0 fully saturated rings. The van der Waals surface area contributed by atoms with E-state index in [0.29, 0.717) is 28.7 Å². The van der Waals surface area contributed by atoms with Gasteiger partial charge in [-0.2, -0.15) is 4.98 Å². The van der Waals surface area contributed by atoms with Crippen molar-refractivity contribution in [2.45, 2.75) is 52.0 Å². The van der Waals surface area contributed by atoms with Crippen molar-refractivity contribution in [3.8, 4) is 34.2 Å². The van der Waals surface area contributed by atoms with Gasteiger partial charge in [0, 0.05) is 42.0 Å². The zero-order valence-electron chi connectivity index (χ0n) is 26.7. The average Bonchev–Trinajstić information content (AvgIpc) is 3.55. The molecule has 2 amide bonds. The SMILES string of the molecule is Cc1ccc(-c2noc(-c3cnc(-c4ccc(C[C@H](NC(=O)c5ccc(C(C)(C)C)cc5)C(=O)NCCC(=O)O)cc4)nc3)n2)cc1. The zero-order chi connectivity index (χ0) is 33.6. The Kier molecular flexibility index (Phi) is 9.84. The summed E-state index contributed by atoms with van der Waals surface area (Å²) in [7, 11) is 0. The van der Waals surface area contributed by atoms with Crippen molar-refractivity contribution in [3.05, 3.63) is 107 Å². The molecule has 3 aromatic carbocycles. The summed E-state index contributed by atoms with van der Waals surface area (Å²) in [5, 5.41) is 18.5. The predicted octanol–water partition coefficient (Wildman–Crippen LogP) is 5.40. The fourth-order valence-electron chi connectivity index (χ4n) is 4.76. The van der Waals surface area contributed by atoms with Crippen molar-refractivity contribution in [1.29, 1.82) is 0 Å². The van der Waals surface area contributed by atoms with Crippen LogP contribution in [0.15, 0.2) is 89.7 Å². The van der Waals surface area contributed by atoms with E-state index in [-0.39, 0.29) is 24.8 Å². The fraction of sp³-hybridized carbons (Fsp3) is 0.250. The minimum Gasteiger partial charge on any atom is -0.481 e. The van der Waals surface area contributed by atoms with Crippen LogP contribution in [0, 0.1) is 6.92 Å². The highest BCUT2D eigenvalue weighted by atomic mass is 16.5. The van der Waals surface area contributed by atoms with Gasteiger partial charge in [0.1, 0.15) is 6.04 Å². The standard InChI is InChI=1S/C36H36N6O5/c1-22-5-9-25(10-6-22)32-41-35(47-42-32)27-20-38-31(39-21-27)24-11-7-23(8-12-24)19-29(34(46)37-18-17-30(43)44)40-33(45)26-13-15-28(16-14-26)36(2,3)4/h5-16,20-21,29H,17-19H2,1-4H3,(H,37,46)(H,40,45)(H,43,44)/t29-/m0/s1. The Morgan fingerprint density at radius 3 is 2.06 bits per heavy atom. The summed E-state index contributed by atoms with van der Waals surface area (Å²) in [5.41, 5.74) is 5.52. The molecule has 2 aromatic heterocycles. The van der Waals surface area contributed by atoms with E-state index >= 15 is 0 Å². The molecule has 0 saturated carbocycles. The lowest BCUT2D eigenvalue weighted by molar-refractivity contribution is -0.137. The number of nitrogens with one attached hydrogen (secondary N) is 2. The number of carbonyl (C=O) groups is 3. The maximum atomic E-state index is 13.1. The van der Waals surface area contributed by atoms with E-state index in [0.717, 1.165) is 27.8 Å². The van der Waals surface area contributed by atoms with Crippen molar-refractivity contribution >= 4 is 17.8 Å². The summed E-state index contributed by atoms with van der Waals surface area (Å²) in [6.45, 7) is 8.22. The first-order valence-electron chi connectivity index (χ1n) is 15.2. The van der Waals surface area contributed by atoms with Crippen LogP contribution < -0.4 is 10.6 Å². The molecule has 0 aliphatic heterocycles. The number of carboxylic acid groups (broad SMARTS) is 1. The third-order valence-electron chi connectivity index (χ3n) is 7.56. The number of nitrogens with zero attached hydrogens (tertiary/aromatic N) is 4. The van der Waals surface area contributed by atoms with Gasteiger partial charge in [-0.05, 0) is 35.6 Å². The van der Waals surface area contributed by atoms with Crippen LogP contribution >= 0.6 is 0 Å². The molecule has 2 heterocycles. The van der Waals surface area contributed by atoms with Gasteiger partial charge in [0.05, 0.1) is 12.0 Å². The number of aryl methyl sites for hydroxylation is 1. The van der Waals surface area contributed by atoms with Crippen molar-refractivity contribution < 1.29 is 24.0 Å². The Labute approximate surface area is 272 Å². The highest BCUT2D eigenvalue weighted by Crippen LogP contribution is 2.24. The van der Waals surface area contributed by atoms with E-state index in [9.17, 15) is 14.4 Å². The topological polar surface area (TPSA) is 160 Å². The van der Waals surface area contributed by atoms with Gasteiger partial charge in [-0.3, -0.25) is 14.4 Å². The number of aromatic nitrogens is 4. The van der Waals surface area contributed by atoms with Gasteiger partial charge in [0.15, 0.2) is 5.82 Å². The highest BCUT2D eigenvalue weighted by Gasteiger charge is 2.23. The highest BCUT2D eigenvalue weighted by molar-refractivity contribution is 5.97. The van der Waals surface area contributed by atoms with E-state index < -0.39 is 23.8 Å². The number of hydrogen-bond donors (Lipinski definition) is 3. The van der Waals surface area contributed by atoms with E-state index in [2.05, 4.69) is 51.5 Å². The Morgan fingerprint density at radius 1 is 0.830 bits per heavy atom. The van der Waals surface area contributed by atoms with Crippen LogP contribution in [-0.2, 0) is 21.4 Å². The summed E-state index contributed by atoms with van der Waals surface area (Å²) in [4.78, 5) is 50.6. The molecule has 5 aromatic rings. The van der Waals surface area contributed by atoms with Crippen LogP contribution in [0.4, 0.5) is 0 Å². The molecular weight excluding hydrogens is 596 g/mol. The second-order valence-corrected chi connectivity index (χ2v) is 12.3. The number of benzene rings is 3. The molecular formula is C36H36N6O5. The molecule has 0 saturated heterocycles. The Balaban J connectivity index is 1.27. The molecule has 11 heteroatoms. The lowest BCUT2D eigenvalue weighted by atomic mass is 9.86. The predicted molar refractivity (Wildman–Crippen MR) is 176 cm³/mol. The Morgan fingerprint density at radius 2 is 1.45 bits per heavy atom. The van der Waals surface area contributed by atoms with Gasteiger partial charge in [0.2, 0.25) is 11.7 Å². The first-order valence-corrected chi connectivity index (χ1v) is 15.2. The molecule has 0 bridgehead atoms. The van der Waals surface area contributed by atoms with Crippen LogP contribution in [0.5, 0.6) is 0 Å². The lowest BCUT2D eigenvalue weighted by Gasteiger charge is -2.20. The number of carboxylic acids is 1. The van der Waals surface area contributed by atoms with Gasteiger partial charge in [-0.15, -0.1) is 0 Å². The van der Waals surface area contributed by atoms with Crippen molar-refractivity contribution in [3.63, 3.8) is 0 Å². The van der Waals surface area contributed by atoms with Crippen molar-refractivity contribution in [2.24, 2.45) is 0 Å². The Hall–Kier alpha value is -5.71. The first-order chi connectivity index (χ1) is 22.5. The third kappa shape index (κ3) is 8.51. The maximum Gasteiger partial charge on any atom is 0.305 e. The molecule has 1 atom stereocenters. The average molecular weight is 633 g/mol. The first kappa shape index (κ1) is 32.7. The molecule has 0 spiro atoms. The molecule has 3 N–H and O–H groups in total. The number of hydrogen-bond acceptors (Lipinski definition) is 8. The monoisotopic (exact) mass is 632 g/mol. The largest absolute Gasteiger partial charge is 0.481 e. The third-order valence-corrected chi connectivity index (χ3v) is 7.56. The van der Waals surface area contributed by atoms with Crippen LogP contribution in [0.3, 0.4) is 0 Å². The number of carbonyl (C=O) groups excluding carboxylic acids is 2. The van der Waals surface area contributed by atoms with Crippen LogP contribution in [-0.4, -0.2) is 55.6 Å². The van der Waals surface area contributed by atoms with Gasteiger partial charge in [-0.1, -0.05) is 92.2 Å². The summed E-state index contributed by atoms with van der Waals surface area (Å²) in [6.07, 6.45) is 3.19. The van der Waals surface area contributed by atoms with E-state index in [1.54, 1.807) is 24.5 Å². The summed E-state index contributed by atoms with van der Waals surface area (Å²) in [5.74, 6) is -0.638. The summed E-state index contributed by atoms with van der Waals surface area (Å²) >= 11 is 0.